The fraction of sp³-hybridized carbons (Fsp3) is 0.286. The molecule has 6 nitrogen and oxygen atoms in total. The van der Waals surface area contributed by atoms with Crippen molar-refractivity contribution in [3.05, 3.63) is 69.6 Å². The minimum atomic E-state index is -0.319. The van der Waals surface area contributed by atoms with E-state index in [2.05, 4.69) is 21.5 Å². The van der Waals surface area contributed by atoms with Crippen LogP contribution in [0.5, 0.6) is 5.75 Å². The van der Waals surface area contributed by atoms with Crippen LogP contribution in [0.2, 0.25) is 5.02 Å². The number of rotatable bonds is 6. The second-order valence-electron chi connectivity index (χ2n) is 6.66. The number of halogens is 1. The van der Waals surface area contributed by atoms with Crippen LogP contribution in [0.15, 0.2) is 36.4 Å². The molecular weight excluding hydrogens is 376 g/mol. The molecule has 28 heavy (non-hydrogen) atoms. The summed E-state index contributed by atoms with van der Waals surface area (Å²) in [5.74, 6) is 1.04. The van der Waals surface area contributed by atoms with Gasteiger partial charge in [0.1, 0.15) is 11.4 Å². The number of hydrogen-bond donors (Lipinski definition) is 1. The average molecular weight is 399 g/mol. The van der Waals surface area contributed by atoms with Crippen LogP contribution >= 0.6 is 11.6 Å². The number of nitrogens with zero attached hydrogens (tertiary/aromatic N) is 3. The van der Waals surface area contributed by atoms with Gasteiger partial charge in [-0.05, 0) is 57.0 Å². The standard InChI is InChI=1S/C21H23ClN4O2/c1-13-5-7-18(28-4)16(11-13)9-10-23-21(27)20-17(22)6-8-19(24-20)26-15(3)12-14(2)25-26/h5-8,11-12H,9-10H2,1-4H3,(H,23,27). The van der Waals surface area contributed by atoms with Crippen LogP contribution in [0.1, 0.15) is 33.0 Å². The molecule has 0 aliphatic rings. The van der Waals surface area contributed by atoms with Gasteiger partial charge in [-0.1, -0.05) is 29.3 Å². The van der Waals surface area contributed by atoms with Crippen molar-refractivity contribution >= 4 is 17.5 Å². The van der Waals surface area contributed by atoms with Crippen LogP contribution in [-0.2, 0) is 6.42 Å². The Labute approximate surface area is 169 Å². The van der Waals surface area contributed by atoms with E-state index in [9.17, 15) is 4.79 Å². The van der Waals surface area contributed by atoms with Gasteiger partial charge in [0.05, 0.1) is 17.8 Å². The normalized spacial score (nSPS) is 10.8. The van der Waals surface area contributed by atoms with Crippen molar-refractivity contribution in [2.24, 2.45) is 0 Å². The van der Waals surface area contributed by atoms with Gasteiger partial charge in [0.15, 0.2) is 5.82 Å². The van der Waals surface area contributed by atoms with Crippen LogP contribution in [-0.4, -0.2) is 34.3 Å². The zero-order valence-corrected chi connectivity index (χ0v) is 17.2. The van der Waals surface area contributed by atoms with Crippen LogP contribution in [0.4, 0.5) is 0 Å². The third kappa shape index (κ3) is 4.34. The lowest BCUT2D eigenvalue weighted by atomic mass is 10.1. The maximum Gasteiger partial charge on any atom is 0.271 e. The molecule has 0 aliphatic carbocycles. The smallest absolute Gasteiger partial charge is 0.271 e. The van der Waals surface area contributed by atoms with E-state index in [1.165, 1.54) is 0 Å². The molecule has 1 aromatic carbocycles. The molecule has 146 valence electrons. The molecule has 0 unspecified atom stereocenters. The van der Waals surface area contributed by atoms with Gasteiger partial charge >= 0.3 is 0 Å². The minimum absolute atomic E-state index is 0.183. The molecule has 0 spiro atoms. The molecular formula is C21H23ClN4O2. The highest BCUT2D eigenvalue weighted by Crippen LogP contribution is 2.20. The van der Waals surface area contributed by atoms with E-state index < -0.39 is 0 Å². The molecule has 2 aromatic heterocycles. The summed E-state index contributed by atoms with van der Waals surface area (Å²) in [6, 6.07) is 11.3. The molecule has 0 fully saturated rings. The van der Waals surface area contributed by atoms with E-state index in [4.69, 9.17) is 16.3 Å². The van der Waals surface area contributed by atoms with E-state index >= 15 is 0 Å². The summed E-state index contributed by atoms with van der Waals surface area (Å²) in [4.78, 5) is 17.1. The van der Waals surface area contributed by atoms with Crippen molar-refractivity contribution < 1.29 is 9.53 Å². The number of carbonyl (C=O) groups is 1. The average Bonchev–Trinajstić information content (AvgIpc) is 3.00. The molecule has 0 saturated carbocycles. The Balaban J connectivity index is 1.73. The largest absolute Gasteiger partial charge is 0.496 e. The summed E-state index contributed by atoms with van der Waals surface area (Å²) in [5, 5.41) is 7.59. The number of carbonyl (C=O) groups excluding carboxylic acids is 1. The lowest BCUT2D eigenvalue weighted by Crippen LogP contribution is -2.27. The van der Waals surface area contributed by atoms with Gasteiger partial charge < -0.3 is 10.1 Å². The predicted molar refractivity (Wildman–Crippen MR) is 110 cm³/mol. The Kier molecular flexibility index (Phi) is 5.99. The van der Waals surface area contributed by atoms with Crippen LogP contribution in [0, 0.1) is 20.8 Å². The molecule has 0 aliphatic heterocycles. The molecule has 0 radical (unpaired) electrons. The number of amides is 1. The number of methoxy groups -OCH3 is 1. The van der Waals surface area contributed by atoms with Crippen molar-refractivity contribution in [2.45, 2.75) is 27.2 Å². The Bertz CT molecular complexity index is 1010. The lowest BCUT2D eigenvalue weighted by Gasteiger charge is -2.11. The minimum Gasteiger partial charge on any atom is -0.496 e. The van der Waals surface area contributed by atoms with E-state index in [-0.39, 0.29) is 11.6 Å². The summed E-state index contributed by atoms with van der Waals surface area (Å²) in [5.41, 5.74) is 4.18. The second kappa shape index (κ2) is 8.44. The first-order valence-electron chi connectivity index (χ1n) is 9.01. The van der Waals surface area contributed by atoms with E-state index in [0.717, 1.165) is 28.3 Å². The van der Waals surface area contributed by atoms with Crippen molar-refractivity contribution in [3.63, 3.8) is 0 Å². The highest BCUT2D eigenvalue weighted by molar-refractivity contribution is 6.33. The Hall–Kier alpha value is -2.86. The molecule has 0 saturated heterocycles. The number of nitrogens with one attached hydrogen (secondary N) is 1. The van der Waals surface area contributed by atoms with E-state index in [1.54, 1.807) is 23.9 Å². The number of pyridine rings is 1. The monoisotopic (exact) mass is 398 g/mol. The van der Waals surface area contributed by atoms with Crippen molar-refractivity contribution in [1.82, 2.24) is 20.1 Å². The molecule has 0 bridgehead atoms. The van der Waals surface area contributed by atoms with Crippen LogP contribution < -0.4 is 10.1 Å². The number of aryl methyl sites for hydroxylation is 3. The highest BCUT2D eigenvalue weighted by atomic mass is 35.5. The Morgan fingerprint density at radius 1 is 1.18 bits per heavy atom. The third-order valence-corrected chi connectivity index (χ3v) is 4.69. The summed E-state index contributed by atoms with van der Waals surface area (Å²) in [6.45, 7) is 6.31. The van der Waals surface area contributed by atoms with Gasteiger partial charge in [0.25, 0.3) is 5.91 Å². The van der Waals surface area contributed by atoms with Gasteiger partial charge in [0, 0.05) is 12.2 Å². The van der Waals surface area contributed by atoms with Crippen molar-refractivity contribution in [2.75, 3.05) is 13.7 Å². The molecule has 7 heteroatoms. The third-order valence-electron chi connectivity index (χ3n) is 4.39. The van der Waals surface area contributed by atoms with Crippen LogP contribution in [0.3, 0.4) is 0 Å². The first-order valence-corrected chi connectivity index (χ1v) is 9.38. The van der Waals surface area contributed by atoms with Gasteiger partial charge in [-0.3, -0.25) is 4.79 Å². The summed E-state index contributed by atoms with van der Waals surface area (Å²) in [6.07, 6.45) is 0.644. The second-order valence-corrected chi connectivity index (χ2v) is 7.07. The number of hydrogen-bond acceptors (Lipinski definition) is 4. The molecule has 3 aromatic rings. The number of ether oxygens (including phenoxy) is 1. The molecule has 2 heterocycles. The van der Waals surface area contributed by atoms with Crippen molar-refractivity contribution in [3.8, 4) is 11.6 Å². The predicted octanol–water partition coefficient (Wildman–Crippen LogP) is 3.83. The highest BCUT2D eigenvalue weighted by Gasteiger charge is 2.15. The number of benzene rings is 1. The Morgan fingerprint density at radius 3 is 2.64 bits per heavy atom. The van der Waals surface area contributed by atoms with Gasteiger partial charge in [-0.2, -0.15) is 5.10 Å². The zero-order valence-electron chi connectivity index (χ0n) is 16.4. The molecule has 1 N–H and O–H groups in total. The first kappa shape index (κ1) is 19.9. The fourth-order valence-electron chi connectivity index (χ4n) is 3.07. The summed E-state index contributed by atoms with van der Waals surface area (Å²) < 4.78 is 7.08. The van der Waals surface area contributed by atoms with E-state index in [1.807, 2.05) is 39.0 Å². The van der Waals surface area contributed by atoms with Crippen molar-refractivity contribution in [1.29, 1.82) is 0 Å². The quantitative estimate of drug-likeness (QED) is 0.685. The fourth-order valence-corrected chi connectivity index (χ4v) is 3.26. The number of aromatic nitrogens is 3. The molecule has 1 amide bonds. The summed E-state index contributed by atoms with van der Waals surface area (Å²) in [7, 11) is 1.64. The Morgan fingerprint density at radius 2 is 1.96 bits per heavy atom. The first-order chi connectivity index (χ1) is 13.4. The van der Waals surface area contributed by atoms with Gasteiger partial charge in [0.2, 0.25) is 0 Å². The maximum atomic E-state index is 12.6. The molecule has 3 rings (SSSR count). The topological polar surface area (TPSA) is 69.0 Å². The van der Waals surface area contributed by atoms with Crippen LogP contribution in [0.25, 0.3) is 5.82 Å². The SMILES string of the molecule is COc1ccc(C)cc1CCNC(=O)c1nc(-n2nc(C)cc2C)ccc1Cl. The zero-order chi connectivity index (χ0) is 20.3. The molecule has 0 atom stereocenters. The van der Waals surface area contributed by atoms with E-state index in [0.29, 0.717) is 23.8 Å². The lowest BCUT2D eigenvalue weighted by molar-refractivity contribution is 0.0949. The van der Waals surface area contributed by atoms with Gasteiger partial charge in [-0.25, -0.2) is 9.67 Å². The maximum absolute atomic E-state index is 12.6. The summed E-state index contributed by atoms with van der Waals surface area (Å²) >= 11 is 6.21. The van der Waals surface area contributed by atoms with Gasteiger partial charge in [-0.15, -0.1) is 0 Å².